The number of anilines is 1. The molecule has 6 heteroatoms. The van der Waals surface area contributed by atoms with Gasteiger partial charge in [0.25, 0.3) is 5.91 Å². The second-order valence-corrected chi connectivity index (χ2v) is 8.74. The monoisotopic (exact) mass is 471 g/mol. The highest BCUT2D eigenvalue weighted by Crippen LogP contribution is 2.23. The Bertz CT molecular complexity index is 846. The quantitative estimate of drug-likeness (QED) is 0.541. The molecular formula is C24H30BrN3O2. The molecule has 1 heterocycles. The van der Waals surface area contributed by atoms with Crippen LogP contribution in [0.4, 0.5) is 5.69 Å². The Kier molecular flexibility index (Phi) is 8.46. The van der Waals surface area contributed by atoms with Crippen molar-refractivity contribution in [3.63, 3.8) is 0 Å². The predicted molar refractivity (Wildman–Crippen MR) is 124 cm³/mol. The molecule has 0 aliphatic carbocycles. The third-order valence-electron chi connectivity index (χ3n) is 5.52. The largest absolute Gasteiger partial charge is 0.352 e. The number of likely N-dealkylation sites (tertiary alicyclic amines) is 1. The highest BCUT2D eigenvalue weighted by atomic mass is 79.9. The number of halogens is 1. The van der Waals surface area contributed by atoms with Crippen molar-refractivity contribution in [3.8, 4) is 0 Å². The van der Waals surface area contributed by atoms with E-state index in [2.05, 4.69) is 62.7 Å². The third kappa shape index (κ3) is 6.41. The maximum Gasteiger partial charge on any atom is 0.253 e. The second kappa shape index (κ2) is 11.3. The van der Waals surface area contributed by atoms with Crippen molar-refractivity contribution < 1.29 is 9.59 Å². The maximum absolute atomic E-state index is 12.8. The van der Waals surface area contributed by atoms with Crippen molar-refractivity contribution >= 4 is 33.4 Å². The van der Waals surface area contributed by atoms with Gasteiger partial charge in [-0.1, -0.05) is 53.5 Å². The van der Waals surface area contributed by atoms with Gasteiger partial charge < -0.3 is 10.6 Å². The summed E-state index contributed by atoms with van der Waals surface area (Å²) >= 11 is 3.47. The lowest BCUT2D eigenvalue weighted by molar-refractivity contribution is -0.121. The van der Waals surface area contributed by atoms with Gasteiger partial charge in [-0.15, -0.1) is 0 Å². The number of nitrogens with one attached hydrogen (secondary N) is 2. The van der Waals surface area contributed by atoms with E-state index in [9.17, 15) is 9.59 Å². The summed E-state index contributed by atoms with van der Waals surface area (Å²) in [5.41, 5.74) is 2.40. The number of rotatable bonds is 8. The lowest BCUT2D eigenvalue weighted by Gasteiger charge is -2.31. The van der Waals surface area contributed by atoms with Crippen molar-refractivity contribution in [2.45, 2.75) is 39.2 Å². The molecule has 1 fully saturated rings. The van der Waals surface area contributed by atoms with Gasteiger partial charge in [-0.3, -0.25) is 14.5 Å². The number of hydrogen-bond donors (Lipinski definition) is 2. The maximum atomic E-state index is 12.8. The number of carbonyl (C=O) groups excluding carboxylic acids is 2. The van der Waals surface area contributed by atoms with E-state index < -0.39 is 0 Å². The molecule has 0 spiro atoms. The normalized spacial score (nSPS) is 15.0. The van der Waals surface area contributed by atoms with Crippen LogP contribution in [0.25, 0.3) is 0 Å². The lowest BCUT2D eigenvalue weighted by Crippen LogP contribution is -2.38. The molecule has 0 bridgehead atoms. The molecule has 0 atom stereocenters. The Balaban J connectivity index is 1.52. The summed E-state index contributed by atoms with van der Waals surface area (Å²) in [6, 6.07) is 15.6. The molecule has 2 aromatic carbocycles. The molecule has 5 nitrogen and oxygen atoms in total. The molecule has 0 saturated carbocycles. The summed E-state index contributed by atoms with van der Waals surface area (Å²) in [6.07, 6.45) is 3.62. The molecule has 1 saturated heterocycles. The topological polar surface area (TPSA) is 61.4 Å². The van der Waals surface area contributed by atoms with E-state index in [4.69, 9.17) is 0 Å². The minimum absolute atomic E-state index is 0.00657. The van der Waals surface area contributed by atoms with E-state index >= 15 is 0 Å². The molecule has 1 aliphatic heterocycles. The van der Waals surface area contributed by atoms with Crippen molar-refractivity contribution in [2.75, 3.05) is 25.0 Å². The number of piperidine rings is 1. The number of carbonyl (C=O) groups is 2. The first-order valence-corrected chi connectivity index (χ1v) is 11.5. The van der Waals surface area contributed by atoms with Gasteiger partial charge in [0.2, 0.25) is 5.91 Å². The zero-order valence-corrected chi connectivity index (χ0v) is 19.1. The Morgan fingerprint density at radius 1 is 1.07 bits per heavy atom. The van der Waals surface area contributed by atoms with Gasteiger partial charge in [-0.2, -0.15) is 0 Å². The molecule has 1 aliphatic rings. The molecule has 3 rings (SSSR count). The van der Waals surface area contributed by atoms with Crippen LogP contribution in [-0.2, 0) is 11.3 Å². The molecule has 2 amide bonds. The van der Waals surface area contributed by atoms with Crippen LogP contribution in [0.3, 0.4) is 0 Å². The SMILES string of the molecule is CCCCNC(=O)c1ccccc1NC(=O)C1CCN(Cc2ccc(Br)cc2)CC1. The van der Waals surface area contributed by atoms with Crippen LogP contribution in [0, 0.1) is 5.92 Å². The van der Waals surface area contributed by atoms with Crippen LogP contribution >= 0.6 is 15.9 Å². The summed E-state index contributed by atoms with van der Waals surface area (Å²) in [5.74, 6) is -0.154. The Hall–Kier alpha value is -2.18. The van der Waals surface area contributed by atoms with E-state index in [1.54, 1.807) is 12.1 Å². The van der Waals surface area contributed by atoms with E-state index in [1.807, 2.05) is 12.1 Å². The second-order valence-electron chi connectivity index (χ2n) is 7.82. The zero-order valence-electron chi connectivity index (χ0n) is 17.5. The summed E-state index contributed by atoms with van der Waals surface area (Å²) in [7, 11) is 0. The molecule has 30 heavy (non-hydrogen) atoms. The molecule has 160 valence electrons. The first kappa shape index (κ1) is 22.5. The fourth-order valence-electron chi connectivity index (χ4n) is 3.70. The van der Waals surface area contributed by atoms with Gasteiger partial charge >= 0.3 is 0 Å². The van der Waals surface area contributed by atoms with Crippen LogP contribution in [0.15, 0.2) is 53.0 Å². The first-order valence-electron chi connectivity index (χ1n) is 10.7. The summed E-state index contributed by atoms with van der Waals surface area (Å²) in [4.78, 5) is 27.7. The third-order valence-corrected chi connectivity index (χ3v) is 6.05. The fourth-order valence-corrected chi connectivity index (χ4v) is 3.96. The van der Waals surface area contributed by atoms with Crippen LogP contribution in [0.2, 0.25) is 0 Å². The number of hydrogen-bond acceptors (Lipinski definition) is 3. The van der Waals surface area contributed by atoms with Gasteiger partial charge in [0.1, 0.15) is 0 Å². The average Bonchev–Trinajstić information content (AvgIpc) is 2.76. The Morgan fingerprint density at radius 2 is 1.77 bits per heavy atom. The zero-order chi connectivity index (χ0) is 21.3. The van der Waals surface area contributed by atoms with Crippen LogP contribution in [-0.4, -0.2) is 36.3 Å². The number of nitrogens with zero attached hydrogens (tertiary/aromatic N) is 1. The van der Waals surface area contributed by atoms with Crippen LogP contribution < -0.4 is 10.6 Å². The van der Waals surface area contributed by atoms with Gasteiger partial charge in [0, 0.05) is 23.5 Å². The highest BCUT2D eigenvalue weighted by molar-refractivity contribution is 9.10. The molecular weight excluding hydrogens is 442 g/mol. The predicted octanol–water partition coefficient (Wildman–Crippen LogP) is 4.83. The van der Waals surface area contributed by atoms with Gasteiger partial charge in [-0.05, 0) is 62.2 Å². The van der Waals surface area contributed by atoms with Crippen molar-refractivity contribution in [1.29, 1.82) is 0 Å². The van der Waals surface area contributed by atoms with Crippen LogP contribution in [0.1, 0.15) is 48.5 Å². The Labute approximate surface area is 187 Å². The van der Waals surface area contributed by atoms with E-state index in [1.165, 1.54) is 5.56 Å². The highest BCUT2D eigenvalue weighted by Gasteiger charge is 2.26. The molecule has 0 aromatic heterocycles. The van der Waals surface area contributed by atoms with Crippen molar-refractivity contribution in [3.05, 3.63) is 64.1 Å². The number of amides is 2. The Morgan fingerprint density at radius 3 is 2.47 bits per heavy atom. The molecule has 2 aromatic rings. The summed E-state index contributed by atoms with van der Waals surface area (Å²) < 4.78 is 1.08. The van der Waals surface area contributed by atoms with Gasteiger partial charge in [0.05, 0.1) is 11.3 Å². The molecule has 2 N–H and O–H groups in total. The standard InChI is InChI=1S/C24H30BrN3O2/c1-2-3-14-26-24(30)21-6-4-5-7-22(21)27-23(29)19-12-15-28(16-13-19)17-18-8-10-20(25)11-9-18/h4-11,19H,2-3,12-17H2,1H3,(H,26,30)(H,27,29). The number of unbranched alkanes of at least 4 members (excludes halogenated alkanes) is 1. The minimum atomic E-state index is -0.135. The summed E-state index contributed by atoms with van der Waals surface area (Å²) in [5, 5.41) is 5.92. The van der Waals surface area contributed by atoms with Crippen molar-refractivity contribution in [1.82, 2.24) is 10.2 Å². The van der Waals surface area contributed by atoms with Crippen LogP contribution in [0.5, 0.6) is 0 Å². The smallest absolute Gasteiger partial charge is 0.253 e. The minimum Gasteiger partial charge on any atom is -0.352 e. The first-order chi connectivity index (χ1) is 14.6. The number of benzene rings is 2. The van der Waals surface area contributed by atoms with Gasteiger partial charge in [0.15, 0.2) is 0 Å². The molecule has 0 radical (unpaired) electrons. The average molecular weight is 472 g/mol. The van der Waals surface area contributed by atoms with E-state index in [0.717, 1.165) is 49.8 Å². The molecule has 0 unspecified atom stereocenters. The summed E-state index contributed by atoms with van der Waals surface area (Å²) in [6.45, 7) is 5.43. The van der Waals surface area contributed by atoms with Gasteiger partial charge in [-0.25, -0.2) is 0 Å². The van der Waals surface area contributed by atoms with E-state index in [0.29, 0.717) is 17.8 Å². The number of para-hydroxylation sites is 1. The van der Waals surface area contributed by atoms with Crippen molar-refractivity contribution in [2.24, 2.45) is 5.92 Å². The lowest BCUT2D eigenvalue weighted by atomic mass is 9.95. The van der Waals surface area contributed by atoms with E-state index in [-0.39, 0.29) is 17.7 Å². The fraction of sp³-hybridized carbons (Fsp3) is 0.417.